The van der Waals surface area contributed by atoms with Crippen molar-refractivity contribution in [1.29, 1.82) is 0 Å². The van der Waals surface area contributed by atoms with Gasteiger partial charge in [-0.15, -0.1) is 0 Å². The fourth-order valence-electron chi connectivity index (χ4n) is 2.93. The molecule has 0 saturated heterocycles. The Balaban J connectivity index is 1.92. The quantitative estimate of drug-likeness (QED) is 0.919. The molecule has 1 aliphatic heterocycles. The Labute approximate surface area is 134 Å². The SMILES string of the molecule is CC1(C)NN=C(c2ccc(OC(F)F)cc2)C1c1ccccc1. The maximum absolute atomic E-state index is 12.3. The van der Waals surface area contributed by atoms with Crippen molar-refractivity contribution >= 4 is 5.71 Å². The summed E-state index contributed by atoms with van der Waals surface area (Å²) in [6.07, 6.45) is 0. The number of rotatable bonds is 4. The second-order valence-electron chi connectivity index (χ2n) is 6.08. The number of halogens is 2. The second-order valence-corrected chi connectivity index (χ2v) is 6.08. The van der Waals surface area contributed by atoms with Crippen LogP contribution in [0.15, 0.2) is 59.7 Å². The maximum atomic E-state index is 12.3. The minimum Gasteiger partial charge on any atom is -0.435 e. The van der Waals surface area contributed by atoms with Gasteiger partial charge in [-0.3, -0.25) is 0 Å². The molecule has 0 aliphatic carbocycles. The van der Waals surface area contributed by atoms with Crippen LogP contribution in [0.2, 0.25) is 0 Å². The van der Waals surface area contributed by atoms with Crippen molar-refractivity contribution in [2.75, 3.05) is 0 Å². The summed E-state index contributed by atoms with van der Waals surface area (Å²) in [5, 5.41) is 4.48. The zero-order valence-electron chi connectivity index (χ0n) is 13.0. The van der Waals surface area contributed by atoms with E-state index in [1.54, 1.807) is 12.1 Å². The summed E-state index contributed by atoms with van der Waals surface area (Å²) in [5.41, 5.74) is 5.89. The molecule has 0 spiro atoms. The van der Waals surface area contributed by atoms with E-state index in [4.69, 9.17) is 0 Å². The first-order valence-electron chi connectivity index (χ1n) is 7.42. The lowest BCUT2D eigenvalue weighted by Gasteiger charge is -2.28. The van der Waals surface area contributed by atoms with Crippen molar-refractivity contribution in [3.8, 4) is 5.75 Å². The normalized spacial score (nSPS) is 19.3. The van der Waals surface area contributed by atoms with Gasteiger partial charge in [-0.25, -0.2) is 0 Å². The van der Waals surface area contributed by atoms with Crippen LogP contribution in [0.3, 0.4) is 0 Å². The van der Waals surface area contributed by atoms with Crippen LogP contribution >= 0.6 is 0 Å². The third-order valence-corrected chi connectivity index (χ3v) is 3.97. The van der Waals surface area contributed by atoms with Crippen LogP contribution in [0.25, 0.3) is 0 Å². The van der Waals surface area contributed by atoms with Crippen LogP contribution in [0, 0.1) is 0 Å². The Morgan fingerprint density at radius 3 is 2.30 bits per heavy atom. The molecule has 3 nitrogen and oxygen atoms in total. The number of nitrogens with one attached hydrogen (secondary N) is 1. The van der Waals surface area contributed by atoms with E-state index in [2.05, 4.69) is 41.2 Å². The predicted molar refractivity (Wildman–Crippen MR) is 86.0 cm³/mol. The molecule has 0 aromatic heterocycles. The van der Waals surface area contributed by atoms with Crippen molar-refractivity contribution < 1.29 is 13.5 Å². The van der Waals surface area contributed by atoms with Crippen molar-refractivity contribution in [3.05, 3.63) is 65.7 Å². The molecule has 1 aliphatic rings. The molecular formula is C18H18F2N2O. The van der Waals surface area contributed by atoms with Gasteiger partial charge in [0.05, 0.1) is 17.2 Å². The summed E-state index contributed by atoms with van der Waals surface area (Å²) in [7, 11) is 0. The zero-order valence-corrected chi connectivity index (χ0v) is 13.0. The Morgan fingerprint density at radius 1 is 1.04 bits per heavy atom. The van der Waals surface area contributed by atoms with Crippen LogP contribution in [-0.4, -0.2) is 17.9 Å². The number of ether oxygens (including phenoxy) is 1. The molecule has 1 atom stereocenters. The Bertz CT molecular complexity index is 697. The summed E-state index contributed by atoms with van der Waals surface area (Å²) in [6.45, 7) is 1.37. The molecule has 0 bridgehead atoms. The molecule has 2 aromatic carbocycles. The van der Waals surface area contributed by atoms with Gasteiger partial charge in [0, 0.05) is 0 Å². The third-order valence-electron chi connectivity index (χ3n) is 3.97. The van der Waals surface area contributed by atoms with Gasteiger partial charge < -0.3 is 10.2 Å². The van der Waals surface area contributed by atoms with Gasteiger partial charge in [-0.05, 0) is 49.2 Å². The molecule has 0 amide bonds. The topological polar surface area (TPSA) is 33.6 Å². The van der Waals surface area contributed by atoms with Gasteiger partial charge in [0.25, 0.3) is 0 Å². The number of hydrogen-bond acceptors (Lipinski definition) is 3. The molecule has 3 rings (SSSR count). The highest BCUT2D eigenvalue weighted by molar-refractivity contribution is 6.07. The van der Waals surface area contributed by atoms with E-state index in [0.717, 1.165) is 16.8 Å². The Morgan fingerprint density at radius 2 is 1.70 bits per heavy atom. The highest BCUT2D eigenvalue weighted by atomic mass is 19.3. The van der Waals surface area contributed by atoms with Gasteiger partial charge in [-0.2, -0.15) is 13.9 Å². The average Bonchev–Trinajstić information content (AvgIpc) is 2.84. The molecule has 23 heavy (non-hydrogen) atoms. The smallest absolute Gasteiger partial charge is 0.387 e. The monoisotopic (exact) mass is 316 g/mol. The molecule has 2 aromatic rings. The van der Waals surface area contributed by atoms with E-state index in [1.165, 1.54) is 12.1 Å². The summed E-state index contributed by atoms with van der Waals surface area (Å²) < 4.78 is 28.9. The molecule has 120 valence electrons. The molecule has 1 heterocycles. The fourth-order valence-corrected chi connectivity index (χ4v) is 2.93. The summed E-state index contributed by atoms with van der Waals surface area (Å²) in [5.74, 6) is 0.219. The van der Waals surface area contributed by atoms with Crippen molar-refractivity contribution in [2.45, 2.75) is 31.9 Å². The minimum absolute atomic E-state index is 0.0746. The van der Waals surface area contributed by atoms with E-state index < -0.39 is 6.61 Å². The molecule has 0 radical (unpaired) electrons. The molecular weight excluding hydrogens is 298 g/mol. The first kappa shape index (κ1) is 15.5. The van der Waals surface area contributed by atoms with Gasteiger partial charge in [0.1, 0.15) is 5.75 Å². The van der Waals surface area contributed by atoms with Gasteiger partial charge in [-0.1, -0.05) is 30.3 Å². The van der Waals surface area contributed by atoms with Crippen molar-refractivity contribution in [3.63, 3.8) is 0 Å². The van der Waals surface area contributed by atoms with E-state index in [-0.39, 0.29) is 17.2 Å². The van der Waals surface area contributed by atoms with Crippen molar-refractivity contribution in [2.24, 2.45) is 5.10 Å². The fraction of sp³-hybridized carbons (Fsp3) is 0.278. The lowest BCUT2D eigenvalue weighted by Crippen LogP contribution is -2.38. The molecule has 1 unspecified atom stereocenters. The largest absolute Gasteiger partial charge is 0.435 e. The lowest BCUT2D eigenvalue weighted by atomic mass is 9.78. The number of benzene rings is 2. The maximum Gasteiger partial charge on any atom is 0.387 e. The van der Waals surface area contributed by atoms with Gasteiger partial charge in [0.2, 0.25) is 0 Å². The van der Waals surface area contributed by atoms with E-state index in [9.17, 15) is 8.78 Å². The molecule has 0 fully saturated rings. The van der Waals surface area contributed by atoms with Crippen LogP contribution in [0.5, 0.6) is 5.75 Å². The van der Waals surface area contributed by atoms with Crippen LogP contribution < -0.4 is 10.2 Å². The minimum atomic E-state index is -2.82. The van der Waals surface area contributed by atoms with E-state index in [0.29, 0.717) is 0 Å². The number of hydrogen-bond donors (Lipinski definition) is 1. The summed E-state index contributed by atoms with van der Waals surface area (Å²) >= 11 is 0. The summed E-state index contributed by atoms with van der Waals surface area (Å²) in [6, 6.07) is 16.7. The standard InChI is InChI=1S/C18H18F2N2O/c1-18(2)15(12-6-4-3-5-7-12)16(21-22-18)13-8-10-14(11-9-13)23-17(19)20/h3-11,15,17,22H,1-2H3. The first-order valence-corrected chi connectivity index (χ1v) is 7.42. The average molecular weight is 316 g/mol. The van der Waals surface area contributed by atoms with Crippen LogP contribution in [-0.2, 0) is 0 Å². The molecule has 0 saturated carbocycles. The highest BCUT2D eigenvalue weighted by Gasteiger charge is 2.39. The van der Waals surface area contributed by atoms with Gasteiger partial charge >= 0.3 is 6.61 Å². The molecule has 1 N–H and O–H groups in total. The number of alkyl halides is 2. The highest BCUT2D eigenvalue weighted by Crippen LogP contribution is 2.36. The lowest BCUT2D eigenvalue weighted by molar-refractivity contribution is -0.0498. The summed E-state index contributed by atoms with van der Waals surface area (Å²) in [4.78, 5) is 0. The van der Waals surface area contributed by atoms with Crippen LogP contribution in [0.1, 0.15) is 30.9 Å². The van der Waals surface area contributed by atoms with E-state index >= 15 is 0 Å². The number of nitrogens with zero attached hydrogens (tertiary/aromatic N) is 1. The first-order chi connectivity index (χ1) is 11.0. The predicted octanol–water partition coefficient (Wildman–Crippen LogP) is 4.16. The van der Waals surface area contributed by atoms with E-state index in [1.807, 2.05) is 18.2 Å². The second kappa shape index (κ2) is 5.99. The van der Waals surface area contributed by atoms with Crippen LogP contribution in [0.4, 0.5) is 8.78 Å². The van der Waals surface area contributed by atoms with Gasteiger partial charge in [0.15, 0.2) is 0 Å². The Kier molecular flexibility index (Phi) is 4.03. The zero-order chi connectivity index (χ0) is 16.4. The van der Waals surface area contributed by atoms with Crippen molar-refractivity contribution in [1.82, 2.24) is 5.43 Å². The molecule has 5 heteroatoms. The third kappa shape index (κ3) is 3.18. The number of hydrazone groups is 1. The Hall–Kier alpha value is -2.43.